The van der Waals surface area contributed by atoms with Gasteiger partial charge in [-0.05, 0) is 63.6 Å². The van der Waals surface area contributed by atoms with Crippen LogP contribution in [-0.4, -0.2) is 29.7 Å². The van der Waals surface area contributed by atoms with Gasteiger partial charge in [0, 0.05) is 13.1 Å². The van der Waals surface area contributed by atoms with Gasteiger partial charge in [0.2, 0.25) is 0 Å². The molecule has 0 atom stereocenters. The first-order chi connectivity index (χ1) is 10.2. The molecule has 5 heteroatoms. The Hall–Kier alpha value is -1.29. The topological polar surface area (TPSA) is 29.5 Å². The monoisotopic (exact) mass is 327 g/mol. The summed E-state index contributed by atoms with van der Waals surface area (Å²) >= 11 is 5.70. The Balaban J connectivity index is 1.84. The highest BCUT2D eigenvalue weighted by Gasteiger charge is 2.26. The second kappa shape index (κ2) is 6.86. The van der Waals surface area contributed by atoms with Crippen molar-refractivity contribution in [2.75, 3.05) is 13.1 Å². The maximum absolute atomic E-state index is 13.5. The first kappa shape index (κ1) is 17.1. The lowest BCUT2D eigenvalue weighted by Gasteiger charge is -2.33. The van der Waals surface area contributed by atoms with Crippen LogP contribution in [0.4, 0.5) is 9.18 Å². The zero-order chi connectivity index (χ0) is 16.3. The number of benzene rings is 1. The van der Waals surface area contributed by atoms with Gasteiger partial charge in [0.15, 0.2) is 0 Å². The third kappa shape index (κ3) is 4.87. The van der Waals surface area contributed by atoms with Crippen molar-refractivity contribution >= 4 is 17.7 Å². The average Bonchev–Trinajstić information content (AvgIpc) is 2.42. The van der Waals surface area contributed by atoms with Crippen LogP contribution < -0.4 is 0 Å². The molecule has 0 unspecified atom stereocenters. The van der Waals surface area contributed by atoms with Crippen molar-refractivity contribution in [2.45, 2.75) is 45.6 Å². The van der Waals surface area contributed by atoms with Crippen LogP contribution in [0, 0.1) is 11.7 Å². The molecule has 0 aromatic heterocycles. The SMILES string of the molecule is CC(C)(C)OC(=O)N1CCC(Cc2ccc(Cl)c(F)c2)CC1. The van der Waals surface area contributed by atoms with Crippen LogP contribution in [0.3, 0.4) is 0 Å². The number of rotatable bonds is 2. The molecule has 0 radical (unpaired) electrons. The minimum absolute atomic E-state index is 0.156. The first-order valence-electron chi connectivity index (χ1n) is 7.66. The molecule has 1 fully saturated rings. The van der Waals surface area contributed by atoms with Crippen molar-refractivity contribution < 1.29 is 13.9 Å². The van der Waals surface area contributed by atoms with E-state index in [1.165, 1.54) is 6.07 Å². The average molecular weight is 328 g/mol. The third-order valence-corrected chi connectivity index (χ3v) is 4.08. The summed E-state index contributed by atoms with van der Waals surface area (Å²) in [5, 5.41) is 0.156. The third-order valence-electron chi connectivity index (χ3n) is 3.77. The lowest BCUT2D eigenvalue weighted by atomic mass is 9.90. The summed E-state index contributed by atoms with van der Waals surface area (Å²) in [4.78, 5) is 13.8. The minimum atomic E-state index is -0.464. The van der Waals surface area contributed by atoms with Gasteiger partial charge in [0.1, 0.15) is 11.4 Å². The summed E-state index contributed by atoms with van der Waals surface area (Å²) in [6.07, 6.45) is 2.38. The van der Waals surface area contributed by atoms with E-state index >= 15 is 0 Å². The van der Waals surface area contributed by atoms with Crippen LogP contribution in [0.5, 0.6) is 0 Å². The van der Waals surface area contributed by atoms with Crippen LogP contribution in [0.2, 0.25) is 5.02 Å². The fourth-order valence-corrected chi connectivity index (χ4v) is 2.76. The van der Waals surface area contributed by atoms with Gasteiger partial charge in [0.05, 0.1) is 5.02 Å². The highest BCUT2D eigenvalue weighted by atomic mass is 35.5. The molecule has 1 saturated heterocycles. The number of amides is 1. The second-order valence-electron chi connectivity index (χ2n) is 6.86. The quantitative estimate of drug-likeness (QED) is 0.790. The summed E-state index contributed by atoms with van der Waals surface area (Å²) in [5.74, 6) is 0.0876. The van der Waals surface area contributed by atoms with Crippen LogP contribution in [-0.2, 0) is 11.2 Å². The standard InChI is InChI=1S/C17H23ClFNO2/c1-17(2,3)22-16(21)20-8-6-12(7-9-20)10-13-4-5-14(18)15(19)11-13/h4-5,11-12H,6-10H2,1-3H3. The van der Waals surface area contributed by atoms with E-state index in [0.717, 1.165) is 24.8 Å². The lowest BCUT2D eigenvalue weighted by molar-refractivity contribution is 0.0184. The maximum atomic E-state index is 13.5. The normalized spacial score (nSPS) is 16.7. The van der Waals surface area contributed by atoms with E-state index in [0.29, 0.717) is 19.0 Å². The number of likely N-dealkylation sites (tertiary alicyclic amines) is 1. The molecule has 2 rings (SSSR count). The Morgan fingerprint density at radius 2 is 2.00 bits per heavy atom. The molecule has 1 aromatic carbocycles. The van der Waals surface area contributed by atoms with E-state index in [4.69, 9.17) is 16.3 Å². The van der Waals surface area contributed by atoms with E-state index in [1.54, 1.807) is 11.0 Å². The highest BCUT2D eigenvalue weighted by Crippen LogP contribution is 2.24. The Morgan fingerprint density at radius 3 is 2.55 bits per heavy atom. The van der Waals surface area contributed by atoms with Crippen LogP contribution >= 0.6 is 11.6 Å². The Morgan fingerprint density at radius 1 is 1.36 bits per heavy atom. The van der Waals surface area contributed by atoms with Gasteiger partial charge in [-0.15, -0.1) is 0 Å². The Labute approximate surface area is 136 Å². The van der Waals surface area contributed by atoms with Gasteiger partial charge in [-0.3, -0.25) is 0 Å². The molecular formula is C17H23ClFNO2. The van der Waals surface area contributed by atoms with Crippen molar-refractivity contribution in [3.05, 3.63) is 34.6 Å². The number of hydrogen-bond donors (Lipinski definition) is 0. The molecule has 1 aromatic rings. The molecule has 1 amide bonds. The van der Waals surface area contributed by atoms with Gasteiger partial charge in [-0.2, -0.15) is 0 Å². The predicted octanol–water partition coefficient (Wildman–Crippen LogP) is 4.67. The van der Waals surface area contributed by atoms with Gasteiger partial charge < -0.3 is 9.64 Å². The molecule has 0 N–H and O–H groups in total. The van der Waals surface area contributed by atoms with Gasteiger partial charge in [0.25, 0.3) is 0 Å². The maximum Gasteiger partial charge on any atom is 0.410 e. The summed E-state index contributed by atoms with van der Waals surface area (Å²) in [5.41, 5.74) is 0.493. The molecule has 122 valence electrons. The van der Waals surface area contributed by atoms with Crippen LogP contribution in [0.25, 0.3) is 0 Å². The number of carbonyl (C=O) groups is 1. The molecular weight excluding hydrogens is 305 g/mol. The van der Waals surface area contributed by atoms with Gasteiger partial charge in [-0.25, -0.2) is 9.18 Å². The number of hydrogen-bond acceptors (Lipinski definition) is 2. The largest absolute Gasteiger partial charge is 0.444 e. The number of nitrogens with zero attached hydrogens (tertiary/aromatic N) is 1. The fourth-order valence-electron chi connectivity index (χ4n) is 2.65. The summed E-state index contributed by atoms with van der Waals surface area (Å²) < 4.78 is 18.8. The second-order valence-corrected chi connectivity index (χ2v) is 7.27. The van der Waals surface area contributed by atoms with E-state index in [9.17, 15) is 9.18 Å². The fraction of sp³-hybridized carbons (Fsp3) is 0.588. The van der Waals surface area contributed by atoms with E-state index in [1.807, 2.05) is 26.8 Å². The number of carbonyl (C=O) groups excluding carboxylic acids is 1. The molecule has 1 aliphatic rings. The number of piperidine rings is 1. The van der Waals surface area contributed by atoms with Crippen molar-refractivity contribution in [1.82, 2.24) is 4.90 Å². The molecule has 22 heavy (non-hydrogen) atoms. The predicted molar refractivity (Wildman–Crippen MR) is 85.6 cm³/mol. The molecule has 1 aliphatic heterocycles. The van der Waals surface area contributed by atoms with Gasteiger partial charge in [-0.1, -0.05) is 17.7 Å². The highest BCUT2D eigenvalue weighted by molar-refractivity contribution is 6.30. The number of ether oxygens (including phenoxy) is 1. The zero-order valence-corrected chi connectivity index (χ0v) is 14.1. The van der Waals surface area contributed by atoms with Crippen molar-refractivity contribution in [3.63, 3.8) is 0 Å². The summed E-state index contributed by atoms with van der Waals surface area (Å²) in [6, 6.07) is 4.97. The molecule has 0 aliphatic carbocycles. The van der Waals surface area contributed by atoms with Gasteiger partial charge >= 0.3 is 6.09 Å². The van der Waals surface area contributed by atoms with Crippen molar-refractivity contribution in [2.24, 2.45) is 5.92 Å². The Kier molecular flexibility index (Phi) is 5.32. The van der Waals surface area contributed by atoms with E-state index < -0.39 is 5.60 Å². The number of halogens is 2. The molecule has 0 spiro atoms. The molecule has 1 heterocycles. The van der Waals surface area contributed by atoms with Crippen molar-refractivity contribution in [1.29, 1.82) is 0 Å². The molecule has 0 bridgehead atoms. The molecule has 0 saturated carbocycles. The molecule has 3 nitrogen and oxygen atoms in total. The van der Waals surface area contributed by atoms with Crippen LogP contribution in [0.1, 0.15) is 39.2 Å². The van der Waals surface area contributed by atoms with Crippen LogP contribution in [0.15, 0.2) is 18.2 Å². The Bertz CT molecular complexity index is 534. The smallest absolute Gasteiger partial charge is 0.410 e. The summed E-state index contributed by atoms with van der Waals surface area (Å²) in [7, 11) is 0. The first-order valence-corrected chi connectivity index (χ1v) is 8.04. The van der Waals surface area contributed by atoms with Crippen molar-refractivity contribution in [3.8, 4) is 0 Å². The summed E-state index contributed by atoms with van der Waals surface area (Å²) in [6.45, 7) is 6.98. The van der Waals surface area contributed by atoms with E-state index in [-0.39, 0.29) is 16.9 Å². The lowest BCUT2D eigenvalue weighted by Crippen LogP contribution is -2.42. The van der Waals surface area contributed by atoms with E-state index in [2.05, 4.69) is 0 Å². The minimum Gasteiger partial charge on any atom is -0.444 e. The zero-order valence-electron chi connectivity index (χ0n) is 13.4.